The van der Waals surface area contributed by atoms with Crippen LogP contribution in [0.2, 0.25) is 0 Å². The van der Waals surface area contributed by atoms with Crippen molar-refractivity contribution in [3.05, 3.63) is 47.7 Å². The summed E-state index contributed by atoms with van der Waals surface area (Å²) in [7, 11) is 1.38. The van der Waals surface area contributed by atoms with E-state index >= 15 is 0 Å². The molecule has 0 radical (unpaired) electrons. The van der Waals surface area contributed by atoms with Crippen LogP contribution < -0.4 is 10.1 Å². The number of ether oxygens (including phenoxy) is 1. The number of halogens is 2. The van der Waals surface area contributed by atoms with Gasteiger partial charge in [0.2, 0.25) is 11.8 Å². The molecule has 1 aromatic heterocycles. The molecular weight excluding hydrogens is 314 g/mol. The minimum Gasteiger partial charge on any atom is -0.479 e. The topological polar surface area (TPSA) is 50.3 Å². The number of likely N-dealkylation sites (tertiary alicyclic amines) is 1. The van der Waals surface area contributed by atoms with Gasteiger partial charge in [0.1, 0.15) is 5.82 Å². The lowest BCUT2D eigenvalue weighted by Gasteiger charge is -2.32. The van der Waals surface area contributed by atoms with Crippen molar-refractivity contribution in [3.63, 3.8) is 0 Å². The molecule has 1 fully saturated rings. The van der Waals surface area contributed by atoms with Crippen LogP contribution in [0, 0.1) is 11.6 Å². The summed E-state index contributed by atoms with van der Waals surface area (Å²) in [6.07, 6.45) is 2.98. The molecule has 0 aliphatic carbocycles. The summed E-state index contributed by atoms with van der Waals surface area (Å²) in [6.45, 7) is 2.66. The lowest BCUT2D eigenvalue weighted by atomic mass is 10.0. The number of hydrogen-bond donors (Lipinski definition) is 1. The highest BCUT2D eigenvalue weighted by Crippen LogP contribution is 2.19. The van der Waals surface area contributed by atoms with E-state index in [0.29, 0.717) is 5.95 Å². The highest BCUT2D eigenvalue weighted by atomic mass is 19.1. The van der Waals surface area contributed by atoms with Crippen LogP contribution in [-0.2, 0) is 6.54 Å². The Labute approximate surface area is 139 Å². The predicted octanol–water partition coefficient (Wildman–Crippen LogP) is 2.84. The average molecular weight is 334 g/mol. The van der Waals surface area contributed by atoms with Gasteiger partial charge in [-0.25, -0.2) is 9.37 Å². The number of benzene rings is 1. The zero-order chi connectivity index (χ0) is 16.9. The quantitative estimate of drug-likeness (QED) is 0.911. The van der Waals surface area contributed by atoms with Gasteiger partial charge in [0.15, 0.2) is 0 Å². The molecular formula is C17H20F2N4O. The Hall–Kier alpha value is -2.28. The van der Waals surface area contributed by atoms with Crippen LogP contribution in [-0.4, -0.2) is 41.1 Å². The van der Waals surface area contributed by atoms with E-state index in [2.05, 4.69) is 20.2 Å². The van der Waals surface area contributed by atoms with Crippen molar-refractivity contribution < 1.29 is 13.5 Å². The Bertz CT molecular complexity index is 673. The van der Waals surface area contributed by atoms with E-state index in [1.807, 2.05) is 12.1 Å². The molecule has 3 rings (SSSR count). The SMILES string of the molecule is COc1nc(NC2CCN(Cc3ccc(F)cc3)CC2)ncc1F. The third kappa shape index (κ3) is 4.17. The Morgan fingerprint density at radius 3 is 2.58 bits per heavy atom. The van der Waals surface area contributed by atoms with Gasteiger partial charge in [-0.3, -0.25) is 4.90 Å². The molecule has 1 aliphatic heterocycles. The monoisotopic (exact) mass is 334 g/mol. The number of nitrogens with one attached hydrogen (secondary N) is 1. The Morgan fingerprint density at radius 2 is 1.92 bits per heavy atom. The van der Waals surface area contributed by atoms with Crippen LogP contribution >= 0.6 is 0 Å². The second-order valence-electron chi connectivity index (χ2n) is 5.87. The molecule has 24 heavy (non-hydrogen) atoms. The van der Waals surface area contributed by atoms with Gasteiger partial charge >= 0.3 is 0 Å². The van der Waals surface area contributed by atoms with Gasteiger partial charge in [-0.2, -0.15) is 9.37 Å². The molecule has 0 unspecified atom stereocenters. The van der Waals surface area contributed by atoms with Crippen molar-refractivity contribution in [1.29, 1.82) is 0 Å². The molecule has 0 amide bonds. The summed E-state index contributed by atoms with van der Waals surface area (Å²) in [4.78, 5) is 10.3. The molecule has 2 aromatic rings. The first kappa shape index (κ1) is 16.6. The number of nitrogens with zero attached hydrogens (tertiary/aromatic N) is 3. The summed E-state index contributed by atoms with van der Waals surface area (Å²) in [5, 5.41) is 3.23. The Kier molecular flexibility index (Phi) is 5.20. The van der Waals surface area contributed by atoms with Crippen molar-refractivity contribution in [1.82, 2.24) is 14.9 Å². The zero-order valence-corrected chi connectivity index (χ0v) is 13.5. The van der Waals surface area contributed by atoms with Gasteiger partial charge < -0.3 is 10.1 Å². The maximum Gasteiger partial charge on any atom is 0.255 e. The number of methoxy groups -OCH3 is 1. The summed E-state index contributed by atoms with van der Waals surface area (Å²) < 4.78 is 31.1. The largest absolute Gasteiger partial charge is 0.479 e. The van der Waals surface area contributed by atoms with Gasteiger partial charge in [0, 0.05) is 25.7 Å². The van der Waals surface area contributed by atoms with Crippen LogP contribution in [0.15, 0.2) is 30.5 Å². The van der Waals surface area contributed by atoms with Crippen molar-refractivity contribution in [2.75, 3.05) is 25.5 Å². The highest BCUT2D eigenvalue weighted by molar-refractivity contribution is 5.30. The third-order valence-corrected chi connectivity index (χ3v) is 4.15. The summed E-state index contributed by atoms with van der Waals surface area (Å²) in [6, 6.07) is 6.85. The number of piperidine rings is 1. The van der Waals surface area contributed by atoms with Gasteiger partial charge in [-0.05, 0) is 30.5 Å². The lowest BCUT2D eigenvalue weighted by Crippen LogP contribution is -2.39. The minimum absolute atomic E-state index is 0.0544. The smallest absolute Gasteiger partial charge is 0.255 e. The molecule has 0 atom stereocenters. The van der Waals surface area contributed by atoms with Gasteiger partial charge in [-0.15, -0.1) is 0 Å². The fraction of sp³-hybridized carbons (Fsp3) is 0.412. The predicted molar refractivity (Wildman–Crippen MR) is 86.9 cm³/mol. The van der Waals surface area contributed by atoms with E-state index < -0.39 is 5.82 Å². The number of rotatable bonds is 5. The first-order valence-electron chi connectivity index (χ1n) is 7.94. The minimum atomic E-state index is -0.572. The van der Waals surface area contributed by atoms with Crippen molar-refractivity contribution in [2.45, 2.75) is 25.4 Å². The number of hydrogen-bond acceptors (Lipinski definition) is 5. The van der Waals surface area contributed by atoms with Crippen LogP contribution in [0.3, 0.4) is 0 Å². The average Bonchev–Trinajstić information content (AvgIpc) is 2.60. The Morgan fingerprint density at radius 1 is 1.21 bits per heavy atom. The van der Waals surface area contributed by atoms with Crippen LogP contribution in [0.4, 0.5) is 14.7 Å². The molecule has 0 saturated carbocycles. The molecule has 1 saturated heterocycles. The third-order valence-electron chi connectivity index (χ3n) is 4.15. The van der Waals surface area contributed by atoms with E-state index in [9.17, 15) is 8.78 Å². The number of aromatic nitrogens is 2. The summed E-state index contributed by atoms with van der Waals surface area (Å²) >= 11 is 0. The van der Waals surface area contributed by atoms with E-state index in [-0.39, 0.29) is 17.7 Å². The van der Waals surface area contributed by atoms with E-state index in [4.69, 9.17) is 4.74 Å². The summed E-state index contributed by atoms with van der Waals surface area (Å²) in [5.41, 5.74) is 1.11. The van der Waals surface area contributed by atoms with Gasteiger partial charge in [0.05, 0.1) is 13.3 Å². The fourth-order valence-electron chi connectivity index (χ4n) is 2.83. The molecule has 128 valence electrons. The molecule has 0 bridgehead atoms. The van der Waals surface area contributed by atoms with Crippen LogP contribution in [0.5, 0.6) is 5.88 Å². The first-order valence-corrected chi connectivity index (χ1v) is 7.94. The van der Waals surface area contributed by atoms with Crippen LogP contribution in [0.25, 0.3) is 0 Å². The lowest BCUT2D eigenvalue weighted by molar-refractivity contribution is 0.211. The maximum absolute atomic E-state index is 13.3. The number of anilines is 1. The zero-order valence-electron chi connectivity index (χ0n) is 13.5. The molecule has 0 spiro atoms. The molecule has 1 aliphatic rings. The highest BCUT2D eigenvalue weighted by Gasteiger charge is 2.20. The summed E-state index contributed by atoms with van der Waals surface area (Å²) in [5.74, 6) is -0.458. The van der Waals surface area contributed by atoms with Crippen molar-refractivity contribution in [3.8, 4) is 5.88 Å². The van der Waals surface area contributed by atoms with Gasteiger partial charge in [-0.1, -0.05) is 12.1 Å². The van der Waals surface area contributed by atoms with E-state index in [1.54, 1.807) is 0 Å². The molecule has 5 nitrogen and oxygen atoms in total. The maximum atomic E-state index is 13.3. The molecule has 1 aromatic carbocycles. The van der Waals surface area contributed by atoms with Crippen molar-refractivity contribution >= 4 is 5.95 Å². The second-order valence-corrected chi connectivity index (χ2v) is 5.87. The molecule has 7 heteroatoms. The van der Waals surface area contributed by atoms with Crippen molar-refractivity contribution in [2.24, 2.45) is 0 Å². The normalized spacial score (nSPS) is 16.1. The van der Waals surface area contributed by atoms with E-state index in [1.165, 1.54) is 19.2 Å². The van der Waals surface area contributed by atoms with Gasteiger partial charge in [0.25, 0.3) is 5.88 Å². The van der Waals surface area contributed by atoms with Crippen LogP contribution in [0.1, 0.15) is 18.4 Å². The fourth-order valence-corrected chi connectivity index (χ4v) is 2.83. The standard InChI is InChI=1S/C17H20F2N4O/c1-24-16-15(19)10-20-17(22-16)21-14-6-8-23(9-7-14)11-12-2-4-13(18)5-3-12/h2-5,10,14H,6-9,11H2,1H3,(H,20,21,22). The molecule has 1 N–H and O–H groups in total. The second kappa shape index (κ2) is 7.53. The Balaban J connectivity index is 1.51. The van der Waals surface area contributed by atoms with E-state index in [0.717, 1.165) is 44.2 Å². The molecule has 2 heterocycles. The first-order chi connectivity index (χ1) is 11.6.